The van der Waals surface area contributed by atoms with E-state index in [1.807, 2.05) is 6.07 Å². The molecule has 2 aromatic rings. The number of ether oxygens (including phenoxy) is 2. The second-order valence-electron chi connectivity index (χ2n) is 3.94. The molecule has 0 unspecified atom stereocenters. The van der Waals surface area contributed by atoms with Crippen LogP contribution in [0.25, 0.3) is 11.3 Å². The highest BCUT2D eigenvalue weighted by Crippen LogP contribution is 2.35. The van der Waals surface area contributed by atoms with E-state index in [1.165, 1.54) is 12.1 Å². The fourth-order valence-electron chi connectivity index (χ4n) is 1.82. The summed E-state index contributed by atoms with van der Waals surface area (Å²) in [6.45, 7) is 0.199. The molecule has 2 heterocycles. The van der Waals surface area contributed by atoms with Crippen molar-refractivity contribution in [3.05, 3.63) is 40.5 Å². The van der Waals surface area contributed by atoms with E-state index in [0.717, 1.165) is 5.56 Å². The number of hydrogen-bond acceptors (Lipinski definition) is 4. The molecular formula is C13H8BrNO4. The fraction of sp³-hybridized carbons (Fsp3) is 0.0769. The molecule has 1 aliphatic rings. The molecule has 1 aromatic heterocycles. The molecule has 0 fully saturated rings. The fourth-order valence-corrected chi connectivity index (χ4v) is 2.26. The zero-order valence-electron chi connectivity index (χ0n) is 9.59. The number of benzene rings is 1. The number of carbonyl (C=O) groups is 1. The third-order valence-corrected chi connectivity index (χ3v) is 3.12. The summed E-state index contributed by atoms with van der Waals surface area (Å²) in [4.78, 5) is 15.3. The predicted molar refractivity (Wildman–Crippen MR) is 70.5 cm³/mol. The van der Waals surface area contributed by atoms with E-state index in [-0.39, 0.29) is 12.4 Å². The van der Waals surface area contributed by atoms with Crippen LogP contribution >= 0.6 is 15.9 Å². The summed E-state index contributed by atoms with van der Waals surface area (Å²) in [6, 6.07) is 8.35. The Morgan fingerprint density at radius 1 is 1.21 bits per heavy atom. The van der Waals surface area contributed by atoms with Gasteiger partial charge < -0.3 is 14.6 Å². The largest absolute Gasteiger partial charge is 0.478 e. The minimum atomic E-state index is -0.995. The van der Waals surface area contributed by atoms with Gasteiger partial charge in [-0.1, -0.05) is 0 Å². The molecule has 0 bridgehead atoms. The molecule has 0 amide bonds. The molecule has 3 rings (SSSR count). The maximum atomic E-state index is 11.0. The summed E-state index contributed by atoms with van der Waals surface area (Å²) in [6.07, 6.45) is 0. The van der Waals surface area contributed by atoms with Crippen LogP contribution in [-0.2, 0) is 0 Å². The minimum Gasteiger partial charge on any atom is -0.478 e. The third kappa shape index (κ3) is 2.26. The quantitative estimate of drug-likeness (QED) is 0.861. The van der Waals surface area contributed by atoms with Gasteiger partial charge in [0.15, 0.2) is 11.5 Å². The van der Waals surface area contributed by atoms with Crippen molar-refractivity contribution < 1.29 is 19.4 Å². The van der Waals surface area contributed by atoms with Gasteiger partial charge in [-0.05, 0) is 46.3 Å². The number of aromatic carboxylic acids is 1. The Kier molecular flexibility index (Phi) is 2.87. The number of halogens is 1. The normalized spacial score (nSPS) is 12.5. The number of carboxylic acid groups (broad SMARTS) is 1. The Balaban J connectivity index is 2.09. The van der Waals surface area contributed by atoms with Crippen LogP contribution in [0.4, 0.5) is 0 Å². The lowest BCUT2D eigenvalue weighted by atomic mass is 10.1. The first-order chi connectivity index (χ1) is 9.13. The van der Waals surface area contributed by atoms with Gasteiger partial charge in [0.25, 0.3) is 0 Å². The lowest BCUT2D eigenvalue weighted by Gasteiger charge is -2.05. The van der Waals surface area contributed by atoms with Crippen molar-refractivity contribution in [3.8, 4) is 22.8 Å². The van der Waals surface area contributed by atoms with Crippen LogP contribution in [0, 0.1) is 0 Å². The molecule has 0 spiro atoms. The first-order valence-corrected chi connectivity index (χ1v) is 6.24. The van der Waals surface area contributed by atoms with Crippen molar-refractivity contribution in [2.24, 2.45) is 0 Å². The maximum absolute atomic E-state index is 11.0. The zero-order valence-corrected chi connectivity index (χ0v) is 11.2. The second-order valence-corrected chi connectivity index (χ2v) is 4.75. The number of rotatable bonds is 2. The van der Waals surface area contributed by atoms with Gasteiger partial charge in [-0.2, -0.15) is 0 Å². The molecule has 1 aromatic carbocycles. The summed E-state index contributed by atoms with van der Waals surface area (Å²) in [5, 5.41) is 9.04. The van der Waals surface area contributed by atoms with Crippen LogP contribution in [0.1, 0.15) is 10.4 Å². The summed E-state index contributed by atoms with van der Waals surface area (Å²) in [5.74, 6) is 0.318. The lowest BCUT2D eigenvalue weighted by molar-refractivity contribution is 0.0696. The molecule has 0 aliphatic carbocycles. The average Bonchev–Trinajstić information content (AvgIpc) is 2.85. The maximum Gasteiger partial charge on any atom is 0.335 e. The van der Waals surface area contributed by atoms with Crippen LogP contribution in [-0.4, -0.2) is 22.9 Å². The van der Waals surface area contributed by atoms with E-state index in [9.17, 15) is 4.79 Å². The van der Waals surface area contributed by atoms with Gasteiger partial charge in [0.05, 0.1) is 11.3 Å². The second kappa shape index (κ2) is 4.55. The van der Waals surface area contributed by atoms with Gasteiger partial charge in [0.2, 0.25) is 6.79 Å². The van der Waals surface area contributed by atoms with E-state index < -0.39 is 5.97 Å². The van der Waals surface area contributed by atoms with Crippen LogP contribution in [0.5, 0.6) is 11.5 Å². The number of nitrogens with zero attached hydrogens (tertiary/aromatic N) is 1. The van der Waals surface area contributed by atoms with Crippen LogP contribution < -0.4 is 9.47 Å². The molecule has 1 aliphatic heterocycles. The van der Waals surface area contributed by atoms with Gasteiger partial charge >= 0.3 is 5.97 Å². The molecule has 19 heavy (non-hydrogen) atoms. The summed E-state index contributed by atoms with van der Waals surface area (Å²) in [5.41, 5.74) is 1.51. The number of carboxylic acids is 1. The number of aromatic nitrogens is 1. The molecule has 96 valence electrons. The van der Waals surface area contributed by atoms with Crippen molar-refractivity contribution in [1.29, 1.82) is 0 Å². The number of fused-ring (bicyclic) bond motifs is 1. The summed E-state index contributed by atoms with van der Waals surface area (Å²) >= 11 is 3.21. The SMILES string of the molecule is O=C(O)c1cc(Br)nc(-c2ccc3c(c2)OCO3)c1. The van der Waals surface area contributed by atoms with E-state index >= 15 is 0 Å². The van der Waals surface area contributed by atoms with E-state index in [4.69, 9.17) is 14.6 Å². The number of pyridine rings is 1. The highest BCUT2D eigenvalue weighted by atomic mass is 79.9. The van der Waals surface area contributed by atoms with Crippen molar-refractivity contribution in [3.63, 3.8) is 0 Å². The van der Waals surface area contributed by atoms with E-state index in [1.54, 1.807) is 12.1 Å². The molecular weight excluding hydrogens is 314 g/mol. The summed E-state index contributed by atoms with van der Waals surface area (Å²) < 4.78 is 11.0. The first-order valence-electron chi connectivity index (χ1n) is 5.44. The Labute approximate surface area is 116 Å². The van der Waals surface area contributed by atoms with Gasteiger partial charge in [-0.25, -0.2) is 9.78 Å². The highest BCUT2D eigenvalue weighted by Gasteiger charge is 2.15. The Hall–Kier alpha value is -2.08. The topological polar surface area (TPSA) is 68.7 Å². The van der Waals surface area contributed by atoms with E-state index in [0.29, 0.717) is 21.8 Å². The average molecular weight is 322 g/mol. The van der Waals surface area contributed by atoms with Crippen molar-refractivity contribution in [1.82, 2.24) is 4.98 Å². The van der Waals surface area contributed by atoms with Crippen LogP contribution in [0.15, 0.2) is 34.9 Å². The minimum absolute atomic E-state index is 0.176. The highest BCUT2D eigenvalue weighted by molar-refractivity contribution is 9.10. The van der Waals surface area contributed by atoms with Gasteiger partial charge in [-0.15, -0.1) is 0 Å². The van der Waals surface area contributed by atoms with Crippen LogP contribution in [0.3, 0.4) is 0 Å². The first kappa shape index (κ1) is 12.0. The summed E-state index contributed by atoms with van der Waals surface area (Å²) in [7, 11) is 0. The van der Waals surface area contributed by atoms with Gasteiger partial charge in [-0.3, -0.25) is 0 Å². The molecule has 0 saturated carbocycles. The predicted octanol–water partition coefficient (Wildman–Crippen LogP) is 2.94. The lowest BCUT2D eigenvalue weighted by Crippen LogP contribution is -1.98. The smallest absolute Gasteiger partial charge is 0.335 e. The molecule has 5 nitrogen and oxygen atoms in total. The third-order valence-electron chi connectivity index (χ3n) is 2.71. The van der Waals surface area contributed by atoms with Gasteiger partial charge in [0, 0.05) is 5.56 Å². The number of hydrogen-bond donors (Lipinski definition) is 1. The van der Waals surface area contributed by atoms with Crippen molar-refractivity contribution >= 4 is 21.9 Å². The molecule has 0 radical (unpaired) electrons. The van der Waals surface area contributed by atoms with Crippen molar-refractivity contribution in [2.45, 2.75) is 0 Å². The van der Waals surface area contributed by atoms with Crippen LogP contribution in [0.2, 0.25) is 0 Å². The molecule has 1 N–H and O–H groups in total. The molecule has 0 atom stereocenters. The monoisotopic (exact) mass is 321 g/mol. The standard InChI is InChI=1S/C13H8BrNO4/c14-12-5-8(13(16)17)3-9(15-12)7-1-2-10-11(4-7)19-6-18-10/h1-5H,6H2,(H,16,17). The Morgan fingerprint density at radius 3 is 2.79 bits per heavy atom. The molecule has 6 heteroatoms. The molecule has 0 saturated heterocycles. The van der Waals surface area contributed by atoms with Gasteiger partial charge in [0.1, 0.15) is 4.60 Å². The van der Waals surface area contributed by atoms with Crippen molar-refractivity contribution in [2.75, 3.05) is 6.79 Å². The Bertz CT molecular complexity index is 672. The van der Waals surface area contributed by atoms with E-state index in [2.05, 4.69) is 20.9 Å². The zero-order chi connectivity index (χ0) is 13.4. The Morgan fingerprint density at radius 2 is 2.00 bits per heavy atom.